The molecule has 0 aromatic rings. The zero-order chi connectivity index (χ0) is 11.8. The molecule has 0 rings (SSSR count). The van der Waals surface area contributed by atoms with E-state index in [1.54, 1.807) is 13.8 Å². The average Bonchev–Trinajstić information content (AvgIpc) is 2.21. The molecule has 0 spiro atoms. The Morgan fingerprint density at radius 3 is 2.47 bits per heavy atom. The Morgan fingerprint density at radius 2 is 2.07 bits per heavy atom. The van der Waals surface area contributed by atoms with Gasteiger partial charge in [0.25, 0.3) is 0 Å². The molecule has 0 aromatic carbocycles. The molecule has 0 N–H and O–H groups in total. The van der Waals surface area contributed by atoms with Crippen molar-refractivity contribution in [2.24, 2.45) is 0 Å². The fourth-order valence-electron chi connectivity index (χ4n) is 0.875. The number of esters is 1. The Hall–Kier alpha value is -1.52. The third kappa shape index (κ3) is 5.05. The minimum atomic E-state index is -0.546. The van der Waals surface area contributed by atoms with Gasteiger partial charge in [0.1, 0.15) is 13.2 Å². The number of amides is 1. The molecule has 0 aliphatic heterocycles. The smallest absolute Gasteiger partial charge is 0.410 e. The maximum atomic E-state index is 11.4. The topological polar surface area (TPSA) is 55.8 Å². The highest BCUT2D eigenvalue weighted by atomic mass is 16.6. The quantitative estimate of drug-likeness (QED) is 0.510. The van der Waals surface area contributed by atoms with Crippen molar-refractivity contribution in [1.82, 2.24) is 4.90 Å². The second-order valence-corrected chi connectivity index (χ2v) is 3.16. The lowest BCUT2D eigenvalue weighted by Gasteiger charge is -2.24. The fraction of sp³-hybridized carbons (Fsp3) is 0.600. The zero-order valence-electron chi connectivity index (χ0n) is 9.36. The molecule has 0 radical (unpaired) electrons. The van der Waals surface area contributed by atoms with Gasteiger partial charge >= 0.3 is 12.1 Å². The van der Waals surface area contributed by atoms with Gasteiger partial charge in [0.05, 0.1) is 7.11 Å². The Bertz CT molecular complexity index is 238. The third-order valence-corrected chi connectivity index (χ3v) is 1.71. The molecule has 15 heavy (non-hydrogen) atoms. The predicted molar refractivity (Wildman–Crippen MR) is 55.4 cm³/mol. The van der Waals surface area contributed by atoms with Crippen LogP contribution in [0.15, 0.2) is 12.7 Å². The van der Waals surface area contributed by atoms with Crippen molar-refractivity contribution in [3.63, 3.8) is 0 Å². The number of hydrogen-bond donors (Lipinski definition) is 0. The van der Waals surface area contributed by atoms with Gasteiger partial charge in [-0.2, -0.15) is 0 Å². The van der Waals surface area contributed by atoms with Gasteiger partial charge in [0.15, 0.2) is 0 Å². The number of rotatable bonds is 5. The Labute approximate surface area is 89.6 Å². The molecule has 0 aliphatic rings. The normalized spacial score (nSPS) is 9.60. The lowest BCUT2D eigenvalue weighted by atomic mass is 10.3. The summed E-state index contributed by atoms with van der Waals surface area (Å²) in [6.45, 7) is 7.03. The average molecular weight is 215 g/mol. The number of methoxy groups -OCH3 is 1. The molecule has 1 amide bonds. The number of carbonyl (C=O) groups is 2. The molecule has 0 saturated heterocycles. The second kappa shape index (κ2) is 6.86. The summed E-state index contributed by atoms with van der Waals surface area (Å²) >= 11 is 0. The van der Waals surface area contributed by atoms with Gasteiger partial charge in [0.2, 0.25) is 0 Å². The van der Waals surface area contributed by atoms with Crippen LogP contribution in [0.2, 0.25) is 0 Å². The van der Waals surface area contributed by atoms with E-state index in [1.165, 1.54) is 18.1 Å². The van der Waals surface area contributed by atoms with Crippen LogP contribution in [0.1, 0.15) is 13.8 Å². The van der Waals surface area contributed by atoms with E-state index in [2.05, 4.69) is 11.3 Å². The molecule has 0 fully saturated rings. The highest BCUT2D eigenvalue weighted by molar-refractivity contribution is 5.78. The van der Waals surface area contributed by atoms with Gasteiger partial charge in [-0.1, -0.05) is 12.7 Å². The summed E-state index contributed by atoms with van der Waals surface area (Å²) in [7, 11) is 1.27. The summed E-state index contributed by atoms with van der Waals surface area (Å²) in [6, 6.07) is -0.124. The van der Waals surface area contributed by atoms with Crippen LogP contribution in [0.25, 0.3) is 0 Å². The van der Waals surface area contributed by atoms with Crippen molar-refractivity contribution in [1.29, 1.82) is 0 Å². The lowest BCUT2D eigenvalue weighted by Crippen LogP contribution is -2.41. The maximum absolute atomic E-state index is 11.4. The molecular weight excluding hydrogens is 198 g/mol. The Balaban J connectivity index is 4.31. The first kappa shape index (κ1) is 13.5. The van der Waals surface area contributed by atoms with Crippen molar-refractivity contribution in [2.75, 3.05) is 20.3 Å². The van der Waals surface area contributed by atoms with E-state index in [-0.39, 0.29) is 19.2 Å². The summed E-state index contributed by atoms with van der Waals surface area (Å²) < 4.78 is 9.30. The van der Waals surface area contributed by atoms with E-state index in [4.69, 9.17) is 4.74 Å². The fourth-order valence-corrected chi connectivity index (χ4v) is 0.875. The summed E-state index contributed by atoms with van der Waals surface area (Å²) in [4.78, 5) is 23.7. The molecule has 86 valence electrons. The predicted octanol–water partition coefficient (Wildman–Crippen LogP) is 1.19. The van der Waals surface area contributed by atoms with E-state index >= 15 is 0 Å². The highest BCUT2D eigenvalue weighted by Gasteiger charge is 2.21. The zero-order valence-corrected chi connectivity index (χ0v) is 9.36. The molecular formula is C10H17NO4. The van der Waals surface area contributed by atoms with Crippen molar-refractivity contribution in [2.45, 2.75) is 19.9 Å². The Morgan fingerprint density at radius 1 is 1.47 bits per heavy atom. The number of hydrogen-bond acceptors (Lipinski definition) is 4. The largest absolute Gasteiger partial charge is 0.468 e. The van der Waals surface area contributed by atoms with Crippen LogP contribution in [0.5, 0.6) is 0 Å². The standard InChI is InChI=1S/C10H17NO4/c1-5-6-15-10(13)11(8(2)3)7-9(12)14-4/h5,8H,1,6-7H2,2-4H3. The molecule has 0 atom stereocenters. The van der Waals surface area contributed by atoms with Crippen LogP contribution in [0.3, 0.4) is 0 Å². The number of carbonyl (C=O) groups excluding carboxylic acids is 2. The van der Waals surface area contributed by atoms with E-state index in [0.29, 0.717) is 0 Å². The molecule has 0 aliphatic carbocycles. The molecule has 0 aromatic heterocycles. The first-order chi connectivity index (χ1) is 7.02. The number of nitrogens with zero attached hydrogens (tertiary/aromatic N) is 1. The van der Waals surface area contributed by atoms with Gasteiger partial charge in [-0.15, -0.1) is 0 Å². The highest BCUT2D eigenvalue weighted by Crippen LogP contribution is 2.02. The van der Waals surface area contributed by atoms with Crippen molar-refractivity contribution in [3.05, 3.63) is 12.7 Å². The van der Waals surface area contributed by atoms with E-state index in [0.717, 1.165) is 0 Å². The van der Waals surface area contributed by atoms with E-state index < -0.39 is 12.1 Å². The van der Waals surface area contributed by atoms with Gasteiger partial charge in [-0.3, -0.25) is 9.69 Å². The maximum Gasteiger partial charge on any atom is 0.410 e. The molecule has 5 nitrogen and oxygen atoms in total. The van der Waals surface area contributed by atoms with E-state index in [9.17, 15) is 9.59 Å². The van der Waals surface area contributed by atoms with Crippen LogP contribution in [-0.4, -0.2) is 43.3 Å². The summed E-state index contributed by atoms with van der Waals surface area (Å²) in [5.41, 5.74) is 0. The van der Waals surface area contributed by atoms with Crippen molar-refractivity contribution >= 4 is 12.1 Å². The monoisotopic (exact) mass is 215 g/mol. The van der Waals surface area contributed by atoms with Gasteiger partial charge in [-0.25, -0.2) is 4.79 Å². The minimum Gasteiger partial charge on any atom is -0.468 e. The summed E-state index contributed by atoms with van der Waals surface area (Å²) in [6.07, 6.45) is 0.921. The summed E-state index contributed by atoms with van der Waals surface area (Å²) in [5, 5.41) is 0. The number of ether oxygens (including phenoxy) is 2. The van der Waals surface area contributed by atoms with Crippen LogP contribution in [0.4, 0.5) is 4.79 Å². The second-order valence-electron chi connectivity index (χ2n) is 3.16. The first-order valence-corrected chi connectivity index (χ1v) is 4.64. The Kier molecular flexibility index (Phi) is 6.17. The van der Waals surface area contributed by atoms with Gasteiger partial charge < -0.3 is 9.47 Å². The molecule has 0 bridgehead atoms. The molecule has 5 heteroatoms. The molecule has 0 heterocycles. The van der Waals surface area contributed by atoms with E-state index in [1.807, 2.05) is 0 Å². The van der Waals surface area contributed by atoms with Crippen LogP contribution >= 0.6 is 0 Å². The van der Waals surface area contributed by atoms with Crippen LogP contribution in [0, 0.1) is 0 Å². The van der Waals surface area contributed by atoms with Crippen LogP contribution < -0.4 is 0 Å². The molecule has 0 unspecified atom stereocenters. The van der Waals surface area contributed by atoms with Gasteiger partial charge in [-0.05, 0) is 13.8 Å². The van der Waals surface area contributed by atoms with Gasteiger partial charge in [0, 0.05) is 6.04 Å². The SMILES string of the molecule is C=CCOC(=O)N(CC(=O)OC)C(C)C. The third-order valence-electron chi connectivity index (χ3n) is 1.71. The minimum absolute atomic E-state index is 0.107. The molecule has 0 saturated carbocycles. The van der Waals surface area contributed by atoms with Crippen LogP contribution in [-0.2, 0) is 14.3 Å². The van der Waals surface area contributed by atoms with Crippen molar-refractivity contribution < 1.29 is 19.1 Å². The first-order valence-electron chi connectivity index (χ1n) is 4.64. The lowest BCUT2D eigenvalue weighted by molar-refractivity contribution is -0.142. The summed E-state index contributed by atoms with van der Waals surface area (Å²) in [5.74, 6) is -0.473. The van der Waals surface area contributed by atoms with Crippen molar-refractivity contribution in [3.8, 4) is 0 Å².